The summed E-state index contributed by atoms with van der Waals surface area (Å²) in [7, 11) is 0. The van der Waals surface area contributed by atoms with Crippen LogP contribution >= 0.6 is 0 Å². The van der Waals surface area contributed by atoms with E-state index in [-0.39, 0.29) is 0 Å². The summed E-state index contributed by atoms with van der Waals surface area (Å²) in [5.41, 5.74) is 11.7. The zero-order valence-electron chi connectivity index (χ0n) is 12.7. The highest BCUT2D eigenvalue weighted by Crippen LogP contribution is 2.25. The molecule has 0 spiro atoms. The third kappa shape index (κ3) is 2.63. The summed E-state index contributed by atoms with van der Waals surface area (Å²) in [6.07, 6.45) is 1.72. The van der Waals surface area contributed by atoms with Crippen LogP contribution in [0.4, 0.5) is 5.69 Å². The van der Waals surface area contributed by atoms with Crippen LogP contribution in [0.15, 0.2) is 55.4 Å². The van der Waals surface area contributed by atoms with E-state index in [2.05, 4.69) is 35.7 Å². The predicted molar refractivity (Wildman–Crippen MR) is 90.7 cm³/mol. The minimum Gasteiger partial charge on any atom is -0.398 e. The minimum absolute atomic E-state index is 0.670. The molecule has 0 amide bonds. The molecule has 0 saturated heterocycles. The molecule has 2 N–H and O–H groups in total. The van der Waals surface area contributed by atoms with Crippen LogP contribution in [0.1, 0.15) is 18.1 Å². The quantitative estimate of drug-likeness (QED) is 0.745. The third-order valence-electron chi connectivity index (χ3n) is 3.56. The molecule has 3 aromatic rings. The van der Waals surface area contributed by atoms with Crippen LogP contribution in [0.2, 0.25) is 0 Å². The SMILES string of the molecule is C=C(C)c1cc(-c2ncn(-c3ccc(C)cc3)n2)ccc1N. The van der Waals surface area contributed by atoms with Crippen molar-refractivity contribution in [2.75, 3.05) is 5.73 Å². The van der Waals surface area contributed by atoms with Gasteiger partial charge in [-0.2, -0.15) is 0 Å². The van der Waals surface area contributed by atoms with Gasteiger partial charge in [-0.25, -0.2) is 9.67 Å². The van der Waals surface area contributed by atoms with E-state index in [1.54, 1.807) is 11.0 Å². The summed E-state index contributed by atoms with van der Waals surface area (Å²) in [6, 6.07) is 13.9. The van der Waals surface area contributed by atoms with E-state index in [1.807, 2.05) is 37.3 Å². The zero-order chi connectivity index (χ0) is 15.7. The summed E-state index contributed by atoms with van der Waals surface area (Å²) >= 11 is 0. The Morgan fingerprint density at radius 1 is 1.14 bits per heavy atom. The average molecular weight is 290 g/mol. The molecule has 1 aromatic heterocycles. The van der Waals surface area contributed by atoms with Crippen molar-refractivity contribution in [1.82, 2.24) is 14.8 Å². The van der Waals surface area contributed by atoms with Crippen LogP contribution in [0.5, 0.6) is 0 Å². The third-order valence-corrected chi connectivity index (χ3v) is 3.56. The van der Waals surface area contributed by atoms with Crippen molar-refractivity contribution >= 4 is 11.3 Å². The van der Waals surface area contributed by atoms with Crippen molar-refractivity contribution in [3.63, 3.8) is 0 Å². The maximum Gasteiger partial charge on any atom is 0.181 e. The Bertz CT molecular complexity index is 829. The lowest BCUT2D eigenvalue weighted by Crippen LogP contribution is -1.96. The van der Waals surface area contributed by atoms with Crippen LogP contribution in [-0.4, -0.2) is 14.8 Å². The summed E-state index contributed by atoms with van der Waals surface area (Å²) < 4.78 is 1.77. The van der Waals surface area contributed by atoms with Crippen molar-refractivity contribution < 1.29 is 0 Å². The molecule has 4 heteroatoms. The molecule has 1 heterocycles. The maximum atomic E-state index is 5.97. The largest absolute Gasteiger partial charge is 0.398 e. The van der Waals surface area contributed by atoms with Gasteiger partial charge in [0, 0.05) is 16.8 Å². The van der Waals surface area contributed by atoms with Crippen LogP contribution in [-0.2, 0) is 0 Å². The summed E-state index contributed by atoms with van der Waals surface area (Å²) in [5, 5.41) is 4.55. The number of nitrogens with zero attached hydrogens (tertiary/aromatic N) is 3. The molecule has 2 aromatic carbocycles. The van der Waals surface area contributed by atoms with Gasteiger partial charge in [-0.1, -0.05) is 24.3 Å². The fourth-order valence-corrected chi connectivity index (χ4v) is 2.28. The Morgan fingerprint density at radius 2 is 1.86 bits per heavy atom. The molecule has 110 valence electrons. The lowest BCUT2D eigenvalue weighted by molar-refractivity contribution is 0.881. The number of hydrogen-bond donors (Lipinski definition) is 1. The molecule has 0 aliphatic heterocycles. The summed E-state index contributed by atoms with van der Waals surface area (Å²) in [5.74, 6) is 0.670. The van der Waals surface area contributed by atoms with E-state index in [1.165, 1.54) is 5.56 Å². The van der Waals surface area contributed by atoms with E-state index in [0.717, 1.165) is 22.4 Å². The first-order chi connectivity index (χ1) is 10.5. The van der Waals surface area contributed by atoms with Crippen LogP contribution in [0, 0.1) is 6.92 Å². The number of hydrogen-bond acceptors (Lipinski definition) is 3. The first kappa shape index (κ1) is 14.1. The number of allylic oxidation sites excluding steroid dienone is 1. The Kier molecular flexibility index (Phi) is 3.51. The molecule has 0 fully saturated rings. The van der Waals surface area contributed by atoms with Crippen LogP contribution < -0.4 is 5.73 Å². The summed E-state index contributed by atoms with van der Waals surface area (Å²) in [4.78, 5) is 4.40. The second-order valence-corrected chi connectivity index (χ2v) is 5.43. The van der Waals surface area contributed by atoms with Crippen molar-refractivity contribution in [3.8, 4) is 17.1 Å². The van der Waals surface area contributed by atoms with Crippen LogP contribution in [0.3, 0.4) is 0 Å². The van der Waals surface area contributed by atoms with E-state index >= 15 is 0 Å². The van der Waals surface area contributed by atoms with Gasteiger partial charge < -0.3 is 5.73 Å². The molecule has 0 saturated carbocycles. The Morgan fingerprint density at radius 3 is 2.55 bits per heavy atom. The molecular formula is C18H18N4. The molecule has 0 unspecified atom stereocenters. The van der Waals surface area contributed by atoms with E-state index in [4.69, 9.17) is 5.73 Å². The van der Waals surface area contributed by atoms with E-state index in [9.17, 15) is 0 Å². The Hall–Kier alpha value is -2.88. The summed E-state index contributed by atoms with van der Waals surface area (Å²) in [6.45, 7) is 7.95. The van der Waals surface area contributed by atoms with Crippen molar-refractivity contribution in [3.05, 3.63) is 66.5 Å². The van der Waals surface area contributed by atoms with Gasteiger partial charge in [-0.15, -0.1) is 5.10 Å². The maximum absolute atomic E-state index is 5.97. The van der Waals surface area contributed by atoms with E-state index < -0.39 is 0 Å². The number of benzene rings is 2. The topological polar surface area (TPSA) is 56.7 Å². The van der Waals surface area contributed by atoms with Gasteiger partial charge in [0.2, 0.25) is 0 Å². The standard InChI is InChI=1S/C18H18N4/c1-12(2)16-10-14(6-9-17(16)19)18-20-11-22(21-18)15-7-4-13(3)5-8-15/h4-11H,1,19H2,2-3H3. The highest BCUT2D eigenvalue weighted by molar-refractivity contribution is 5.76. The molecular weight excluding hydrogens is 272 g/mol. The van der Waals surface area contributed by atoms with E-state index in [0.29, 0.717) is 11.5 Å². The van der Waals surface area contributed by atoms with Crippen molar-refractivity contribution in [2.24, 2.45) is 0 Å². The molecule has 0 bridgehead atoms. The monoisotopic (exact) mass is 290 g/mol. The molecule has 0 radical (unpaired) electrons. The number of aryl methyl sites for hydroxylation is 1. The molecule has 4 nitrogen and oxygen atoms in total. The van der Waals surface area contributed by atoms with Gasteiger partial charge >= 0.3 is 0 Å². The van der Waals surface area contributed by atoms with Gasteiger partial charge in [0.15, 0.2) is 5.82 Å². The molecule has 3 rings (SSSR count). The van der Waals surface area contributed by atoms with Gasteiger partial charge in [0.25, 0.3) is 0 Å². The first-order valence-electron chi connectivity index (χ1n) is 7.09. The van der Waals surface area contributed by atoms with Crippen molar-refractivity contribution in [1.29, 1.82) is 0 Å². The molecule has 0 aliphatic carbocycles. The van der Waals surface area contributed by atoms with Gasteiger partial charge in [-0.3, -0.25) is 0 Å². The molecule has 0 atom stereocenters. The molecule has 22 heavy (non-hydrogen) atoms. The van der Waals surface area contributed by atoms with Crippen LogP contribution in [0.25, 0.3) is 22.6 Å². The average Bonchev–Trinajstić information content (AvgIpc) is 2.98. The number of anilines is 1. The Balaban J connectivity index is 1.99. The highest BCUT2D eigenvalue weighted by atomic mass is 15.3. The number of nitrogens with two attached hydrogens (primary N) is 1. The zero-order valence-corrected chi connectivity index (χ0v) is 12.7. The number of rotatable bonds is 3. The number of aromatic nitrogens is 3. The first-order valence-corrected chi connectivity index (χ1v) is 7.09. The lowest BCUT2D eigenvalue weighted by Gasteiger charge is -2.06. The second kappa shape index (κ2) is 5.48. The normalized spacial score (nSPS) is 10.6. The number of nitrogen functional groups attached to an aromatic ring is 1. The highest BCUT2D eigenvalue weighted by Gasteiger charge is 2.08. The van der Waals surface area contributed by atoms with Gasteiger partial charge in [-0.05, 0) is 49.8 Å². The Labute approximate surface area is 129 Å². The minimum atomic E-state index is 0.670. The lowest BCUT2D eigenvalue weighted by atomic mass is 10.0. The predicted octanol–water partition coefficient (Wildman–Crippen LogP) is 3.86. The van der Waals surface area contributed by atoms with Gasteiger partial charge in [0.05, 0.1) is 5.69 Å². The van der Waals surface area contributed by atoms with Crippen molar-refractivity contribution in [2.45, 2.75) is 13.8 Å². The van der Waals surface area contributed by atoms with Gasteiger partial charge in [0.1, 0.15) is 6.33 Å². The second-order valence-electron chi connectivity index (χ2n) is 5.43. The fourth-order valence-electron chi connectivity index (χ4n) is 2.28. The smallest absolute Gasteiger partial charge is 0.181 e. The fraction of sp³-hybridized carbons (Fsp3) is 0.111. The molecule has 0 aliphatic rings.